The number of aromatic nitrogens is 1. The van der Waals surface area contributed by atoms with E-state index in [0.29, 0.717) is 35.6 Å². The highest BCUT2D eigenvalue weighted by atomic mass is 19.1. The number of hydrogen-bond donors (Lipinski definition) is 4. The summed E-state index contributed by atoms with van der Waals surface area (Å²) in [7, 11) is 0. The summed E-state index contributed by atoms with van der Waals surface area (Å²) >= 11 is 0. The third kappa shape index (κ3) is 5.88. The van der Waals surface area contributed by atoms with Crippen LogP contribution in [0.2, 0.25) is 0 Å². The monoisotopic (exact) mass is 433 g/mol. The van der Waals surface area contributed by atoms with Gasteiger partial charge in [0.2, 0.25) is 0 Å². The molecule has 1 heterocycles. The molecule has 5 N–H and O–H groups in total. The Kier molecular flexibility index (Phi) is 7.86. The number of halogens is 1. The molecule has 0 bridgehead atoms. The highest BCUT2D eigenvalue weighted by Crippen LogP contribution is 2.25. The molecule has 0 radical (unpaired) electrons. The molecule has 2 aromatic carbocycles. The lowest BCUT2D eigenvalue weighted by atomic mass is 10.0. The second-order valence-electron chi connectivity index (χ2n) is 7.16. The van der Waals surface area contributed by atoms with Crippen molar-refractivity contribution in [3.8, 4) is 17.3 Å². The van der Waals surface area contributed by atoms with Crippen molar-refractivity contribution in [3.05, 3.63) is 83.2 Å². The van der Waals surface area contributed by atoms with Crippen LogP contribution in [0.15, 0.2) is 60.7 Å². The molecule has 1 unspecified atom stereocenters. The zero-order chi connectivity index (χ0) is 22.9. The topological polar surface area (TPSA) is 124 Å². The number of amides is 1. The number of nitrogens with zero attached hydrogens (tertiary/aromatic N) is 2. The molecule has 1 aromatic heterocycles. The van der Waals surface area contributed by atoms with E-state index in [9.17, 15) is 19.6 Å². The summed E-state index contributed by atoms with van der Waals surface area (Å²) in [6, 6.07) is 18.8. The number of nitrogens with one attached hydrogen (secondary N) is 2. The molecule has 0 aliphatic rings. The first-order valence-electron chi connectivity index (χ1n) is 10.2. The quantitative estimate of drug-likeness (QED) is 0.411. The predicted molar refractivity (Wildman–Crippen MR) is 120 cm³/mol. The average Bonchev–Trinajstić information content (AvgIpc) is 2.82. The van der Waals surface area contributed by atoms with Crippen LogP contribution < -0.4 is 16.4 Å². The maximum atomic E-state index is 13.4. The number of nitriles is 1. The second kappa shape index (κ2) is 11.0. The minimum absolute atomic E-state index is 0.0110. The van der Waals surface area contributed by atoms with E-state index in [2.05, 4.69) is 21.7 Å². The molecule has 3 rings (SSSR count). The Balaban J connectivity index is 1.86. The van der Waals surface area contributed by atoms with Gasteiger partial charge in [-0.05, 0) is 42.3 Å². The van der Waals surface area contributed by atoms with Crippen LogP contribution >= 0.6 is 0 Å². The summed E-state index contributed by atoms with van der Waals surface area (Å²) in [6.45, 7) is 0.448. The number of aliphatic hydroxyl groups is 1. The van der Waals surface area contributed by atoms with E-state index >= 15 is 0 Å². The lowest BCUT2D eigenvalue weighted by Gasteiger charge is -2.15. The van der Waals surface area contributed by atoms with Crippen molar-refractivity contribution < 1.29 is 14.3 Å². The maximum absolute atomic E-state index is 13.4. The van der Waals surface area contributed by atoms with Gasteiger partial charge < -0.3 is 21.5 Å². The Labute approximate surface area is 185 Å². The van der Waals surface area contributed by atoms with E-state index in [4.69, 9.17) is 5.73 Å². The summed E-state index contributed by atoms with van der Waals surface area (Å²) in [5, 5.41) is 24.8. The molecule has 3 aromatic rings. The van der Waals surface area contributed by atoms with Gasteiger partial charge in [-0.2, -0.15) is 5.26 Å². The van der Waals surface area contributed by atoms with E-state index in [0.717, 1.165) is 5.56 Å². The molecule has 0 saturated heterocycles. The fourth-order valence-electron chi connectivity index (χ4n) is 3.14. The third-order valence-corrected chi connectivity index (χ3v) is 4.83. The van der Waals surface area contributed by atoms with Gasteiger partial charge in [0.05, 0.1) is 29.0 Å². The fraction of sp³-hybridized carbons (Fsp3) is 0.208. The van der Waals surface area contributed by atoms with Crippen LogP contribution in [-0.4, -0.2) is 41.7 Å². The Morgan fingerprint density at radius 1 is 1.19 bits per heavy atom. The van der Waals surface area contributed by atoms with Gasteiger partial charge in [-0.1, -0.05) is 30.3 Å². The minimum Gasteiger partial charge on any atom is -0.390 e. The molecule has 8 heteroatoms. The summed E-state index contributed by atoms with van der Waals surface area (Å²) in [4.78, 5) is 17.3. The number of rotatable bonds is 9. The first-order chi connectivity index (χ1) is 15.5. The number of benzene rings is 2. The van der Waals surface area contributed by atoms with Crippen molar-refractivity contribution in [2.45, 2.75) is 12.5 Å². The van der Waals surface area contributed by atoms with Gasteiger partial charge >= 0.3 is 0 Å². The van der Waals surface area contributed by atoms with Gasteiger partial charge in [0.1, 0.15) is 11.6 Å². The van der Waals surface area contributed by atoms with Crippen molar-refractivity contribution in [1.29, 1.82) is 5.26 Å². The standard InChI is InChI=1S/C24H24FN5O2/c25-18-6-3-4-16(12-18)10-11-28-23-21(24(32)29-15-19(31)14-27)8-9-22(30-23)20-7-2-1-5-17(20)13-26/h1-9,12,19,31H,10-11,14-15,27H2,(H,28,30)(H,29,32). The van der Waals surface area contributed by atoms with Gasteiger partial charge in [0, 0.05) is 25.2 Å². The van der Waals surface area contributed by atoms with Gasteiger partial charge in [-0.25, -0.2) is 9.37 Å². The lowest BCUT2D eigenvalue weighted by molar-refractivity contribution is 0.0920. The smallest absolute Gasteiger partial charge is 0.255 e. The highest BCUT2D eigenvalue weighted by molar-refractivity contribution is 5.99. The fourth-order valence-corrected chi connectivity index (χ4v) is 3.14. The molecule has 1 amide bonds. The lowest BCUT2D eigenvalue weighted by Crippen LogP contribution is -2.36. The number of pyridine rings is 1. The summed E-state index contributed by atoms with van der Waals surface area (Å²) in [6.07, 6.45) is -0.330. The predicted octanol–water partition coefficient (Wildman–Crippen LogP) is 2.46. The Bertz CT molecular complexity index is 1130. The number of carbonyl (C=O) groups is 1. The maximum Gasteiger partial charge on any atom is 0.255 e. The van der Waals surface area contributed by atoms with Crippen LogP contribution in [-0.2, 0) is 6.42 Å². The normalized spacial score (nSPS) is 11.4. The Morgan fingerprint density at radius 3 is 2.75 bits per heavy atom. The highest BCUT2D eigenvalue weighted by Gasteiger charge is 2.16. The van der Waals surface area contributed by atoms with E-state index in [1.54, 1.807) is 36.4 Å². The van der Waals surface area contributed by atoms with Crippen LogP contribution in [0, 0.1) is 17.1 Å². The number of carbonyl (C=O) groups excluding carboxylic acids is 1. The van der Waals surface area contributed by atoms with Crippen molar-refractivity contribution >= 4 is 11.7 Å². The molecule has 32 heavy (non-hydrogen) atoms. The van der Waals surface area contributed by atoms with E-state index in [-0.39, 0.29) is 24.5 Å². The van der Waals surface area contributed by atoms with Crippen molar-refractivity contribution in [2.24, 2.45) is 5.73 Å². The summed E-state index contributed by atoms with van der Waals surface area (Å²) < 4.78 is 13.4. The zero-order valence-electron chi connectivity index (χ0n) is 17.4. The van der Waals surface area contributed by atoms with Crippen molar-refractivity contribution in [2.75, 3.05) is 25.0 Å². The molecule has 1 atom stereocenters. The van der Waals surface area contributed by atoms with E-state index in [1.165, 1.54) is 12.1 Å². The van der Waals surface area contributed by atoms with Crippen LogP contribution in [0.3, 0.4) is 0 Å². The van der Waals surface area contributed by atoms with E-state index in [1.807, 2.05) is 12.1 Å². The molecule has 0 spiro atoms. The number of nitrogens with two attached hydrogens (primary N) is 1. The summed E-state index contributed by atoms with van der Waals surface area (Å²) in [5.74, 6) is -0.404. The average molecular weight is 433 g/mol. The molecule has 0 saturated carbocycles. The third-order valence-electron chi connectivity index (χ3n) is 4.83. The first-order valence-corrected chi connectivity index (χ1v) is 10.2. The molecule has 0 aliphatic heterocycles. The Morgan fingerprint density at radius 2 is 2.00 bits per heavy atom. The van der Waals surface area contributed by atoms with Gasteiger partial charge in [0.25, 0.3) is 5.91 Å². The Hall–Kier alpha value is -3.80. The van der Waals surface area contributed by atoms with E-state index < -0.39 is 12.0 Å². The van der Waals surface area contributed by atoms with Crippen molar-refractivity contribution in [1.82, 2.24) is 10.3 Å². The number of hydrogen-bond acceptors (Lipinski definition) is 6. The van der Waals surface area contributed by atoms with Crippen molar-refractivity contribution in [3.63, 3.8) is 0 Å². The number of aliphatic hydroxyl groups excluding tert-OH is 1. The number of anilines is 1. The molecule has 0 aliphatic carbocycles. The van der Waals surface area contributed by atoms with Crippen LogP contribution in [0.5, 0.6) is 0 Å². The van der Waals surface area contributed by atoms with Gasteiger partial charge in [0.15, 0.2) is 0 Å². The molecule has 164 valence electrons. The van der Waals surface area contributed by atoms with Crippen LogP contribution in [0.25, 0.3) is 11.3 Å². The zero-order valence-corrected chi connectivity index (χ0v) is 17.4. The minimum atomic E-state index is -0.849. The second-order valence-corrected chi connectivity index (χ2v) is 7.16. The molecular weight excluding hydrogens is 409 g/mol. The van der Waals surface area contributed by atoms with Gasteiger partial charge in [-0.3, -0.25) is 4.79 Å². The van der Waals surface area contributed by atoms with Gasteiger partial charge in [-0.15, -0.1) is 0 Å². The largest absolute Gasteiger partial charge is 0.390 e. The van der Waals surface area contributed by atoms with Crippen LogP contribution in [0.4, 0.5) is 10.2 Å². The molecule has 0 fully saturated rings. The SMILES string of the molecule is N#Cc1ccccc1-c1ccc(C(=O)NCC(O)CN)c(NCCc2cccc(F)c2)n1. The molecule has 7 nitrogen and oxygen atoms in total. The molecular formula is C24H24FN5O2. The van der Waals surface area contributed by atoms with Crippen LogP contribution in [0.1, 0.15) is 21.5 Å². The summed E-state index contributed by atoms with van der Waals surface area (Å²) in [5.41, 5.74) is 8.13. The first kappa shape index (κ1) is 22.9.